The SMILES string of the molecule is O=c1c2ncccc2ccn1-c1nc(-c2ccc(Cl)nc2)oc1-c1ccc(C(F)(F)F)cc1. The van der Waals surface area contributed by atoms with Gasteiger partial charge < -0.3 is 4.42 Å². The first kappa shape index (κ1) is 20.9. The second-order valence-electron chi connectivity index (χ2n) is 7.05. The number of benzene rings is 1. The Morgan fingerprint density at radius 2 is 1.70 bits per heavy atom. The van der Waals surface area contributed by atoms with Crippen LogP contribution in [0.5, 0.6) is 0 Å². The molecule has 33 heavy (non-hydrogen) atoms. The van der Waals surface area contributed by atoms with Gasteiger partial charge in [0.25, 0.3) is 5.56 Å². The van der Waals surface area contributed by atoms with Crippen LogP contribution in [-0.2, 0) is 6.18 Å². The number of oxazole rings is 1. The molecule has 0 saturated carbocycles. The van der Waals surface area contributed by atoms with Crippen LogP contribution in [0.3, 0.4) is 0 Å². The average molecular weight is 469 g/mol. The summed E-state index contributed by atoms with van der Waals surface area (Å²) >= 11 is 5.85. The second kappa shape index (κ2) is 7.86. The summed E-state index contributed by atoms with van der Waals surface area (Å²) in [5.41, 5.74) is -0.245. The standard InChI is InChI=1S/C23H12ClF3N4O2/c24-17-8-5-15(12-29-17)21-30-20(31-11-9-13-2-1-10-28-18(13)22(31)32)19(33-21)14-3-6-16(7-4-14)23(25,26)27/h1-12H. The highest BCUT2D eigenvalue weighted by Crippen LogP contribution is 2.35. The van der Waals surface area contributed by atoms with Crippen molar-refractivity contribution < 1.29 is 17.6 Å². The second-order valence-corrected chi connectivity index (χ2v) is 7.44. The smallest absolute Gasteiger partial charge is 0.416 e. The summed E-state index contributed by atoms with van der Waals surface area (Å²) in [6.45, 7) is 0. The molecule has 6 nitrogen and oxygen atoms in total. The highest BCUT2D eigenvalue weighted by Gasteiger charge is 2.30. The molecule has 5 rings (SSSR count). The van der Waals surface area contributed by atoms with Crippen LogP contribution in [0.25, 0.3) is 39.5 Å². The zero-order valence-corrected chi connectivity index (χ0v) is 17.3. The van der Waals surface area contributed by atoms with Gasteiger partial charge in [0.1, 0.15) is 10.7 Å². The molecular weight excluding hydrogens is 457 g/mol. The van der Waals surface area contributed by atoms with E-state index in [1.165, 1.54) is 35.3 Å². The molecule has 0 amide bonds. The van der Waals surface area contributed by atoms with E-state index in [2.05, 4.69) is 15.0 Å². The largest absolute Gasteiger partial charge is 0.434 e. The van der Waals surface area contributed by atoms with Gasteiger partial charge in [-0.2, -0.15) is 18.2 Å². The van der Waals surface area contributed by atoms with Crippen LogP contribution in [-0.4, -0.2) is 19.5 Å². The normalized spacial score (nSPS) is 11.8. The number of hydrogen-bond donors (Lipinski definition) is 0. The Balaban J connectivity index is 1.72. The molecule has 5 aromatic rings. The number of pyridine rings is 3. The number of rotatable bonds is 3. The minimum absolute atomic E-state index is 0.109. The fourth-order valence-electron chi connectivity index (χ4n) is 3.33. The number of fused-ring (bicyclic) bond motifs is 1. The third-order valence-electron chi connectivity index (χ3n) is 4.95. The number of hydrogen-bond acceptors (Lipinski definition) is 5. The van der Waals surface area contributed by atoms with Crippen LogP contribution in [0.1, 0.15) is 5.56 Å². The zero-order chi connectivity index (χ0) is 23.2. The van der Waals surface area contributed by atoms with Gasteiger partial charge in [0.15, 0.2) is 11.6 Å². The van der Waals surface area contributed by atoms with E-state index in [1.807, 2.05) is 0 Å². The van der Waals surface area contributed by atoms with E-state index in [0.717, 1.165) is 12.1 Å². The van der Waals surface area contributed by atoms with Gasteiger partial charge in [0.05, 0.1) is 11.1 Å². The summed E-state index contributed by atoms with van der Waals surface area (Å²) in [7, 11) is 0. The van der Waals surface area contributed by atoms with E-state index in [4.69, 9.17) is 16.0 Å². The number of alkyl halides is 3. The summed E-state index contributed by atoms with van der Waals surface area (Å²) in [6, 6.07) is 12.7. The molecule has 0 spiro atoms. The van der Waals surface area contributed by atoms with E-state index in [9.17, 15) is 18.0 Å². The lowest BCUT2D eigenvalue weighted by atomic mass is 10.1. The van der Waals surface area contributed by atoms with Crippen molar-refractivity contribution >= 4 is 22.5 Å². The fourth-order valence-corrected chi connectivity index (χ4v) is 3.45. The maximum absolute atomic E-state index is 13.1. The molecule has 4 aromatic heterocycles. The van der Waals surface area contributed by atoms with Crippen LogP contribution in [0.4, 0.5) is 13.2 Å². The topological polar surface area (TPSA) is 73.8 Å². The minimum Gasteiger partial charge on any atom is -0.434 e. The first-order chi connectivity index (χ1) is 15.8. The Morgan fingerprint density at radius 3 is 2.39 bits per heavy atom. The molecule has 0 saturated heterocycles. The molecule has 164 valence electrons. The molecule has 0 aliphatic carbocycles. The van der Waals surface area contributed by atoms with Crippen LogP contribution < -0.4 is 5.56 Å². The third-order valence-corrected chi connectivity index (χ3v) is 5.17. The van der Waals surface area contributed by atoms with Gasteiger partial charge in [-0.1, -0.05) is 29.8 Å². The van der Waals surface area contributed by atoms with Crippen molar-refractivity contribution in [2.75, 3.05) is 0 Å². The van der Waals surface area contributed by atoms with Gasteiger partial charge in [-0.25, -0.2) is 4.98 Å². The Labute approximate surface area is 188 Å². The van der Waals surface area contributed by atoms with Crippen molar-refractivity contribution in [3.63, 3.8) is 0 Å². The van der Waals surface area contributed by atoms with Crippen molar-refractivity contribution in [3.05, 3.63) is 94.3 Å². The number of aromatic nitrogens is 4. The summed E-state index contributed by atoms with van der Waals surface area (Å²) in [4.78, 5) is 25.7. The lowest BCUT2D eigenvalue weighted by Gasteiger charge is -2.08. The maximum atomic E-state index is 13.1. The van der Waals surface area contributed by atoms with Gasteiger partial charge in [-0.05, 0) is 36.4 Å². The van der Waals surface area contributed by atoms with Crippen LogP contribution in [0, 0.1) is 0 Å². The first-order valence-electron chi connectivity index (χ1n) is 9.58. The maximum Gasteiger partial charge on any atom is 0.416 e. The van der Waals surface area contributed by atoms with E-state index in [1.54, 1.807) is 30.3 Å². The molecule has 1 aromatic carbocycles. The van der Waals surface area contributed by atoms with Gasteiger partial charge in [-0.15, -0.1) is 0 Å². The Bertz CT molecular complexity index is 1530. The summed E-state index contributed by atoms with van der Waals surface area (Å²) in [5, 5.41) is 0.908. The van der Waals surface area contributed by atoms with Gasteiger partial charge >= 0.3 is 6.18 Å². The Morgan fingerprint density at radius 1 is 0.939 bits per heavy atom. The molecule has 0 bridgehead atoms. The third kappa shape index (κ3) is 3.87. The van der Waals surface area contributed by atoms with Crippen LogP contribution in [0.15, 0.2) is 82.4 Å². The lowest BCUT2D eigenvalue weighted by Crippen LogP contribution is -2.19. The van der Waals surface area contributed by atoms with E-state index in [-0.39, 0.29) is 28.1 Å². The van der Waals surface area contributed by atoms with Gasteiger partial charge in [0, 0.05) is 29.5 Å². The van der Waals surface area contributed by atoms with Crippen molar-refractivity contribution in [2.24, 2.45) is 0 Å². The predicted octanol–water partition coefficient (Wildman–Crippen LogP) is 5.77. The predicted molar refractivity (Wildman–Crippen MR) is 116 cm³/mol. The molecule has 0 fully saturated rings. The van der Waals surface area contributed by atoms with Crippen LogP contribution in [0.2, 0.25) is 5.15 Å². The van der Waals surface area contributed by atoms with Crippen molar-refractivity contribution in [3.8, 4) is 28.6 Å². The molecule has 10 heteroatoms. The summed E-state index contributed by atoms with van der Waals surface area (Å²) < 4.78 is 46.2. The monoisotopic (exact) mass is 468 g/mol. The van der Waals surface area contributed by atoms with Crippen molar-refractivity contribution in [1.29, 1.82) is 0 Å². The first-order valence-corrected chi connectivity index (χ1v) is 9.96. The average Bonchev–Trinajstić information content (AvgIpc) is 3.25. The van der Waals surface area contributed by atoms with E-state index < -0.39 is 17.3 Å². The molecule has 0 radical (unpaired) electrons. The molecular formula is C23H12ClF3N4O2. The zero-order valence-electron chi connectivity index (χ0n) is 16.5. The highest BCUT2D eigenvalue weighted by molar-refractivity contribution is 6.29. The van der Waals surface area contributed by atoms with E-state index >= 15 is 0 Å². The van der Waals surface area contributed by atoms with Crippen molar-refractivity contribution in [2.45, 2.75) is 6.18 Å². The van der Waals surface area contributed by atoms with Gasteiger partial charge in [-0.3, -0.25) is 14.3 Å². The Hall–Kier alpha value is -3.98. The highest BCUT2D eigenvalue weighted by atomic mass is 35.5. The van der Waals surface area contributed by atoms with Gasteiger partial charge in [0.2, 0.25) is 5.89 Å². The molecule has 0 aliphatic rings. The fraction of sp³-hybridized carbons (Fsp3) is 0.0435. The number of nitrogens with zero attached hydrogens (tertiary/aromatic N) is 4. The summed E-state index contributed by atoms with van der Waals surface area (Å²) in [5.74, 6) is 0.348. The van der Waals surface area contributed by atoms with Crippen LogP contribution >= 0.6 is 11.6 Å². The quantitative estimate of drug-likeness (QED) is 0.314. The Kier molecular flexibility index (Phi) is 4.98. The lowest BCUT2D eigenvalue weighted by molar-refractivity contribution is -0.137. The van der Waals surface area contributed by atoms with Crippen molar-refractivity contribution in [1.82, 2.24) is 19.5 Å². The molecule has 0 unspecified atom stereocenters. The number of halogens is 4. The molecule has 0 atom stereocenters. The molecule has 0 N–H and O–H groups in total. The van der Waals surface area contributed by atoms with E-state index in [0.29, 0.717) is 16.5 Å². The molecule has 0 aliphatic heterocycles. The summed E-state index contributed by atoms with van der Waals surface area (Å²) in [6.07, 6.45) is -0.0246. The minimum atomic E-state index is -4.48. The molecule has 4 heterocycles.